The van der Waals surface area contributed by atoms with Gasteiger partial charge in [-0.3, -0.25) is 9.59 Å². The van der Waals surface area contributed by atoms with Crippen LogP contribution in [0.2, 0.25) is 0 Å². The molecule has 1 aliphatic carbocycles. The van der Waals surface area contributed by atoms with Crippen LogP contribution in [0.5, 0.6) is 0 Å². The summed E-state index contributed by atoms with van der Waals surface area (Å²) >= 11 is 1.52. The lowest BCUT2D eigenvalue weighted by Crippen LogP contribution is -2.39. The Morgan fingerprint density at radius 3 is 2.73 bits per heavy atom. The second kappa shape index (κ2) is 7.90. The Labute approximate surface area is 155 Å². The fourth-order valence-electron chi connectivity index (χ4n) is 3.62. The van der Waals surface area contributed by atoms with E-state index in [9.17, 15) is 18.4 Å². The van der Waals surface area contributed by atoms with E-state index >= 15 is 0 Å². The number of hydrogen-bond acceptors (Lipinski definition) is 5. The Morgan fingerprint density at radius 1 is 1.35 bits per heavy atom. The van der Waals surface area contributed by atoms with Crippen molar-refractivity contribution in [3.05, 3.63) is 24.4 Å². The van der Waals surface area contributed by atoms with E-state index in [2.05, 4.69) is 4.98 Å². The van der Waals surface area contributed by atoms with Crippen molar-refractivity contribution in [1.82, 2.24) is 9.88 Å². The number of rotatable bonds is 5. The van der Waals surface area contributed by atoms with Gasteiger partial charge in [0, 0.05) is 24.4 Å². The van der Waals surface area contributed by atoms with Crippen LogP contribution in [-0.4, -0.2) is 52.6 Å². The maximum absolute atomic E-state index is 13.5. The Bertz CT molecular complexity index is 659. The van der Waals surface area contributed by atoms with Gasteiger partial charge in [-0.25, -0.2) is 13.8 Å². The van der Waals surface area contributed by atoms with Gasteiger partial charge in [0.15, 0.2) is 0 Å². The molecule has 3 rings (SSSR count). The van der Waals surface area contributed by atoms with Gasteiger partial charge in [0.2, 0.25) is 5.91 Å². The van der Waals surface area contributed by atoms with Crippen LogP contribution >= 0.6 is 11.8 Å². The fraction of sp³-hybridized carbons (Fsp3) is 0.611. The number of ether oxygens (including phenoxy) is 1. The van der Waals surface area contributed by atoms with Gasteiger partial charge in [0.1, 0.15) is 0 Å². The smallest absolute Gasteiger partial charge is 0.309 e. The molecule has 2 fully saturated rings. The van der Waals surface area contributed by atoms with Crippen LogP contribution in [0, 0.1) is 11.8 Å². The number of pyridine rings is 1. The Kier molecular flexibility index (Phi) is 5.79. The van der Waals surface area contributed by atoms with Crippen molar-refractivity contribution < 1.29 is 23.1 Å². The van der Waals surface area contributed by atoms with Crippen LogP contribution in [0.15, 0.2) is 29.4 Å². The molecule has 0 radical (unpaired) electrons. The zero-order valence-electron chi connectivity index (χ0n) is 14.6. The van der Waals surface area contributed by atoms with E-state index < -0.39 is 30.3 Å². The zero-order valence-corrected chi connectivity index (χ0v) is 15.4. The summed E-state index contributed by atoms with van der Waals surface area (Å²) < 4.78 is 32.1. The molecule has 1 aromatic rings. The van der Waals surface area contributed by atoms with Gasteiger partial charge in [0.05, 0.1) is 30.0 Å². The van der Waals surface area contributed by atoms with Gasteiger partial charge in [-0.05, 0) is 31.9 Å². The summed E-state index contributed by atoms with van der Waals surface area (Å²) in [5, 5.41) is 0.845. The predicted molar refractivity (Wildman–Crippen MR) is 92.9 cm³/mol. The van der Waals surface area contributed by atoms with E-state index in [0.29, 0.717) is 12.8 Å². The predicted octanol–water partition coefficient (Wildman–Crippen LogP) is 3.00. The minimum atomic E-state index is -2.84. The highest BCUT2D eigenvalue weighted by Crippen LogP contribution is 2.43. The Morgan fingerprint density at radius 2 is 2.12 bits per heavy atom. The first-order valence-corrected chi connectivity index (χ1v) is 9.68. The maximum atomic E-state index is 13.5. The maximum Gasteiger partial charge on any atom is 0.309 e. The van der Waals surface area contributed by atoms with E-state index in [1.807, 2.05) is 18.2 Å². The fourth-order valence-corrected chi connectivity index (χ4v) is 4.84. The highest BCUT2D eigenvalue weighted by atomic mass is 32.2. The molecule has 1 amide bonds. The van der Waals surface area contributed by atoms with Crippen molar-refractivity contribution in [1.29, 1.82) is 0 Å². The first kappa shape index (κ1) is 19.1. The van der Waals surface area contributed by atoms with Crippen molar-refractivity contribution in [2.24, 2.45) is 11.8 Å². The molecule has 2 aliphatic rings. The van der Waals surface area contributed by atoms with Gasteiger partial charge < -0.3 is 9.64 Å². The van der Waals surface area contributed by atoms with Gasteiger partial charge in [0.25, 0.3) is 5.92 Å². The second-order valence-corrected chi connectivity index (χ2v) is 8.03. The summed E-state index contributed by atoms with van der Waals surface area (Å²) in [5.41, 5.74) is 0. The summed E-state index contributed by atoms with van der Waals surface area (Å²) in [5.74, 6) is -4.80. The summed E-state index contributed by atoms with van der Waals surface area (Å²) in [6, 6.07) is 5.57. The molecule has 3 unspecified atom stereocenters. The average molecular weight is 384 g/mol. The van der Waals surface area contributed by atoms with E-state index in [0.717, 1.165) is 5.03 Å². The first-order valence-electron chi connectivity index (χ1n) is 8.80. The van der Waals surface area contributed by atoms with Crippen molar-refractivity contribution in [3.8, 4) is 0 Å². The van der Waals surface area contributed by atoms with Crippen LogP contribution in [0.4, 0.5) is 8.78 Å². The first-order chi connectivity index (χ1) is 12.4. The largest absolute Gasteiger partial charge is 0.466 e. The van der Waals surface area contributed by atoms with Crippen molar-refractivity contribution in [2.45, 2.75) is 42.4 Å². The molecule has 8 heteroatoms. The molecule has 0 bridgehead atoms. The molecule has 5 nitrogen and oxygen atoms in total. The quantitative estimate of drug-likeness (QED) is 0.731. The SMILES string of the molecule is CCOC(=O)C1CC(Sc2ccccn2)CC1C(=O)N1CCC(F)(F)C1. The lowest BCUT2D eigenvalue weighted by atomic mass is 9.95. The number of carbonyl (C=O) groups excluding carboxylic acids is 2. The monoisotopic (exact) mass is 384 g/mol. The number of thioether (sulfide) groups is 1. The van der Waals surface area contributed by atoms with E-state index in [-0.39, 0.29) is 30.7 Å². The van der Waals surface area contributed by atoms with Crippen molar-refractivity contribution in [2.75, 3.05) is 19.7 Å². The minimum Gasteiger partial charge on any atom is -0.466 e. The van der Waals surface area contributed by atoms with Crippen LogP contribution in [-0.2, 0) is 14.3 Å². The lowest BCUT2D eigenvalue weighted by Gasteiger charge is -2.23. The number of nitrogens with zero attached hydrogens (tertiary/aromatic N) is 2. The number of hydrogen-bond donors (Lipinski definition) is 0. The topological polar surface area (TPSA) is 59.5 Å². The van der Waals surface area contributed by atoms with E-state index in [1.54, 1.807) is 13.1 Å². The number of alkyl halides is 2. The third kappa shape index (κ3) is 4.34. The molecule has 1 saturated carbocycles. The third-order valence-electron chi connectivity index (χ3n) is 4.83. The number of aromatic nitrogens is 1. The number of amides is 1. The molecular weight excluding hydrogens is 362 g/mol. The van der Waals surface area contributed by atoms with Crippen LogP contribution in [0.1, 0.15) is 26.2 Å². The molecule has 26 heavy (non-hydrogen) atoms. The van der Waals surface area contributed by atoms with Crippen molar-refractivity contribution >= 4 is 23.6 Å². The minimum absolute atomic E-state index is 0.0244. The molecule has 142 valence electrons. The molecule has 0 N–H and O–H groups in total. The van der Waals surface area contributed by atoms with Gasteiger partial charge >= 0.3 is 5.97 Å². The van der Waals surface area contributed by atoms with Crippen molar-refractivity contribution in [3.63, 3.8) is 0 Å². The van der Waals surface area contributed by atoms with Crippen LogP contribution in [0.25, 0.3) is 0 Å². The number of halogens is 2. The van der Waals surface area contributed by atoms with Crippen LogP contribution < -0.4 is 0 Å². The Hall–Kier alpha value is -1.70. The molecule has 0 aromatic carbocycles. The summed E-state index contributed by atoms with van der Waals surface area (Å²) in [7, 11) is 0. The summed E-state index contributed by atoms with van der Waals surface area (Å²) in [6.45, 7) is 1.42. The van der Waals surface area contributed by atoms with Gasteiger partial charge in [-0.1, -0.05) is 6.07 Å². The second-order valence-electron chi connectivity index (χ2n) is 6.71. The van der Waals surface area contributed by atoms with E-state index in [4.69, 9.17) is 4.74 Å². The van der Waals surface area contributed by atoms with Gasteiger partial charge in [-0.15, -0.1) is 11.8 Å². The standard InChI is InChI=1S/C18H22F2N2O3S/c1-2-25-17(24)14-10-12(26-15-5-3-4-7-21-15)9-13(14)16(23)22-8-6-18(19,20)11-22/h3-5,7,12-14H,2,6,8-11H2,1H3. The van der Waals surface area contributed by atoms with Gasteiger partial charge in [-0.2, -0.15) is 0 Å². The zero-order chi connectivity index (χ0) is 18.7. The molecule has 1 saturated heterocycles. The highest BCUT2D eigenvalue weighted by molar-refractivity contribution is 7.99. The number of likely N-dealkylation sites (tertiary alicyclic amines) is 1. The van der Waals surface area contributed by atoms with Crippen LogP contribution in [0.3, 0.4) is 0 Å². The molecular formula is C18H22F2N2O3S. The molecule has 1 aromatic heterocycles. The van der Waals surface area contributed by atoms with E-state index in [1.165, 1.54) is 16.7 Å². The normalized spacial score (nSPS) is 27.5. The highest BCUT2D eigenvalue weighted by Gasteiger charge is 2.48. The molecule has 2 heterocycles. The summed E-state index contributed by atoms with van der Waals surface area (Å²) in [4.78, 5) is 30.6. The molecule has 0 spiro atoms. The Balaban J connectivity index is 1.72. The number of esters is 1. The lowest BCUT2D eigenvalue weighted by molar-refractivity contribution is -0.153. The third-order valence-corrected chi connectivity index (χ3v) is 6.03. The summed E-state index contributed by atoms with van der Waals surface area (Å²) in [6.07, 6.45) is 2.32. The molecule has 3 atom stereocenters. The number of carbonyl (C=O) groups is 2. The molecule has 1 aliphatic heterocycles. The average Bonchev–Trinajstić information content (AvgIpc) is 3.19.